The Labute approximate surface area is 108 Å². The molecular formula is C12H22O5S. The molecule has 1 saturated carbocycles. The molecule has 0 aliphatic heterocycles. The summed E-state index contributed by atoms with van der Waals surface area (Å²) in [7, 11) is -3.24. The lowest BCUT2D eigenvalue weighted by Gasteiger charge is -2.34. The number of hydrogen-bond donors (Lipinski definition) is 2. The number of hydrogen-bond acceptors (Lipinski definition) is 4. The van der Waals surface area contributed by atoms with Gasteiger partial charge in [0.05, 0.1) is 23.0 Å². The molecule has 1 fully saturated rings. The van der Waals surface area contributed by atoms with Crippen LogP contribution in [0.4, 0.5) is 0 Å². The van der Waals surface area contributed by atoms with E-state index in [1.54, 1.807) is 0 Å². The van der Waals surface area contributed by atoms with Gasteiger partial charge in [0.15, 0.2) is 9.84 Å². The van der Waals surface area contributed by atoms with Gasteiger partial charge in [0.2, 0.25) is 0 Å². The monoisotopic (exact) mass is 278 g/mol. The van der Waals surface area contributed by atoms with Gasteiger partial charge in [0.25, 0.3) is 0 Å². The highest BCUT2D eigenvalue weighted by molar-refractivity contribution is 7.91. The van der Waals surface area contributed by atoms with Gasteiger partial charge in [-0.3, -0.25) is 4.79 Å². The Morgan fingerprint density at radius 2 is 1.89 bits per heavy atom. The van der Waals surface area contributed by atoms with Crippen molar-refractivity contribution in [2.75, 3.05) is 11.5 Å². The molecule has 6 heteroatoms. The lowest BCUT2D eigenvalue weighted by molar-refractivity contribution is -0.144. The van der Waals surface area contributed by atoms with Crippen LogP contribution < -0.4 is 0 Å². The number of carboxylic acids is 1. The Kier molecular flexibility index (Phi) is 5.16. The minimum absolute atomic E-state index is 0.105. The molecule has 1 rings (SSSR count). The molecule has 5 nitrogen and oxygen atoms in total. The van der Waals surface area contributed by atoms with Gasteiger partial charge in [-0.25, -0.2) is 8.42 Å². The molecule has 0 amide bonds. The molecule has 0 aromatic rings. The summed E-state index contributed by atoms with van der Waals surface area (Å²) in [4.78, 5) is 10.8. The number of rotatable bonds is 6. The van der Waals surface area contributed by atoms with Gasteiger partial charge in [-0.05, 0) is 32.1 Å². The van der Waals surface area contributed by atoms with Crippen molar-refractivity contribution < 1.29 is 23.4 Å². The maximum Gasteiger partial charge on any atom is 0.306 e. The van der Waals surface area contributed by atoms with E-state index in [9.17, 15) is 18.3 Å². The van der Waals surface area contributed by atoms with Crippen LogP contribution in [0.5, 0.6) is 0 Å². The standard InChI is InChI=1S/C12H22O5S/c1-2-3-8-18(16,17)9-12(15)6-4-10(5-7-12)11(13)14/h10,15H,2-9H2,1H3,(H,13,14). The first-order chi connectivity index (χ1) is 8.28. The van der Waals surface area contributed by atoms with Crippen LogP contribution in [0, 0.1) is 5.92 Å². The van der Waals surface area contributed by atoms with Gasteiger partial charge in [0, 0.05) is 0 Å². The molecule has 0 unspecified atom stereocenters. The van der Waals surface area contributed by atoms with E-state index in [-0.39, 0.29) is 24.3 Å². The van der Waals surface area contributed by atoms with Crippen LogP contribution in [0.3, 0.4) is 0 Å². The second-order valence-corrected chi connectivity index (χ2v) is 7.47. The Hall–Kier alpha value is -0.620. The molecule has 0 atom stereocenters. The maximum absolute atomic E-state index is 11.8. The summed E-state index contributed by atoms with van der Waals surface area (Å²) < 4.78 is 23.6. The lowest BCUT2D eigenvalue weighted by Crippen LogP contribution is -2.42. The van der Waals surface area contributed by atoms with Crippen molar-refractivity contribution in [3.05, 3.63) is 0 Å². The number of carbonyl (C=O) groups is 1. The summed E-state index contributed by atoms with van der Waals surface area (Å²) in [5.74, 6) is -1.42. The zero-order valence-electron chi connectivity index (χ0n) is 10.8. The molecule has 0 heterocycles. The highest BCUT2D eigenvalue weighted by Gasteiger charge is 2.38. The van der Waals surface area contributed by atoms with Crippen molar-refractivity contribution in [1.82, 2.24) is 0 Å². The Bertz CT molecular complexity index is 379. The van der Waals surface area contributed by atoms with Crippen LogP contribution in [0.2, 0.25) is 0 Å². The number of carboxylic acid groups (broad SMARTS) is 1. The molecule has 18 heavy (non-hydrogen) atoms. The first-order valence-corrected chi connectivity index (χ1v) is 8.26. The molecule has 1 aliphatic rings. The molecule has 0 spiro atoms. The molecule has 0 saturated heterocycles. The summed E-state index contributed by atoms with van der Waals surface area (Å²) in [6.07, 6.45) is 2.64. The summed E-state index contributed by atoms with van der Waals surface area (Å²) in [5.41, 5.74) is -1.22. The average Bonchev–Trinajstić information content (AvgIpc) is 2.25. The Morgan fingerprint density at radius 1 is 1.33 bits per heavy atom. The topological polar surface area (TPSA) is 91.7 Å². The largest absolute Gasteiger partial charge is 0.481 e. The quantitative estimate of drug-likeness (QED) is 0.762. The highest BCUT2D eigenvalue weighted by Crippen LogP contribution is 2.33. The van der Waals surface area contributed by atoms with Gasteiger partial charge >= 0.3 is 5.97 Å². The Balaban J connectivity index is 2.55. The minimum Gasteiger partial charge on any atom is -0.481 e. The SMILES string of the molecule is CCCCS(=O)(=O)CC1(O)CCC(C(=O)O)CC1. The molecule has 1 aliphatic carbocycles. The van der Waals surface area contributed by atoms with E-state index in [2.05, 4.69) is 0 Å². The van der Waals surface area contributed by atoms with Crippen molar-refractivity contribution in [1.29, 1.82) is 0 Å². The third-order valence-corrected chi connectivity index (χ3v) is 5.45. The van der Waals surface area contributed by atoms with Gasteiger partial charge in [-0.2, -0.15) is 0 Å². The number of aliphatic carboxylic acids is 1. The zero-order chi connectivity index (χ0) is 13.8. The molecule has 0 aromatic carbocycles. The van der Waals surface area contributed by atoms with Crippen LogP contribution in [-0.2, 0) is 14.6 Å². The third kappa shape index (κ3) is 4.57. The zero-order valence-corrected chi connectivity index (χ0v) is 11.6. The van der Waals surface area contributed by atoms with E-state index in [1.165, 1.54) is 0 Å². The van der Waals surface area contributed by atoms with Crippen molar-refractivity contribution in [2.24, 2.45) is 5.92 Å². The third-order valence-electron chi connectivity index (χ3n) is 3.56. The number of sulfone groups is 1. The van der Waals surface area contributed by atoms with Crippen molar-refractivity contribution in [3.63, 3.8) is 0 Å². The molecule has 2 N–H and O–H groups in total. The molecule has 106 valence electrons. The first-order valence-electron chi connectivity index (χ1n) is 6.43. The molecule has 0 bridgehead atoms. The molecule has 0 radical (unpaired) electrons. The first kappa shape index (κ1) is 15.4. The Morgan fingerprint density at radius 3 is 2.33 bits per heavy atom. The van der Waals surface area contributed by atoms with Crippen molar-refractivity contribution >= 4 is 15.8 Å². The highest BCUT2D eigenvalue weighted by atomic mass is 32.2. The fourth-order valence-corrected chi connectivity index (χ4v) is 4.37. The van der Waals surface area contributed by atoms with E-state index in [4.69, 9.17) is 5.11 Å². The normalized spacial score (nSPS) is 29.1. The second-order valence-electron chi connectivity index (χ2n) is 5.28. The lowest BCUT2D eigenvalue weighted by atomic mass is 9.80. The average molecular weight is 278 g/mol. The van der Waals surface area contributed by atoms with E-state index in [0.717, 1.165) is 6.42 Å². The van der Waals surface area contributed by atoms with Crippen molar-refractivity contribution in [2.45, 2.75) is 51.0 Å². The van der Waals surface area contributed by atoms with Crippen molar-refractivity contribution in [3.8, 4) is 0 Å². The fraction of sp³-hybridized carbons (Fsp3) is 0.917. The van der Waals surface area contributed by atoms with E-state index >= 15 is 0 Å². The van der Waals surface area contributed by atoms with Crippen LogP contribution in [0.15, 0.2) is 0 Å². The predicted octanol–water partition coefficient (Wildman–Crippen LogP) is 1.21. The van der Waals surface area contributed by atoms with Gasteiger partial charge in [-0.1, -0.05) is 13.3 Å². The van der Waals surface area contributed by atoms with Crippen LogP contribution in [-0.4, -0.2) is 41.7 Å². The predicted molar refractivity (Wildman–Crippen MR) is 68.1 cm³/mol. The van der Waals surface area contributed by atoms with Crippen LogP contribution in [0.1, 0.15) is 45.4 Å². The maximum atomic E-state index is 11.8. The summed E-state index contributed by atoms with van der Waals surface area (Å²) in [6, 6.07) is 0. The van der Waals surface area contributed by atoms with E-state index < -0.39 is 27.3 Å². The minimum atomic E-state index is -3.24. The summed E-state index contributed by atoms with van der Waals surface area (Å²) in [5, 5.41) is 19.1. The van der Waals surface area contributed by atoms with E-state index in [0.29, 0.717) is 19.3 Å². The fourth-order valence-electron chi connectivity index (χ4n) is 2.39. The summed E-state index contributed by atoms with van der Waals surface area (Å²) >= 11 is 0. The van der Waals surface area contributed by atoms with Gasteiger partial charge in [0.1, 0.15) is 0 Å². The number of unbranched alkanes of at least 4 members (excludes halogenated alkanes) is 1. The molecule has 0 aromatic heterocycles. The van der Waals surface area contributed by atoms with E-state index in [1.807, 2.05) is 6.92 Å². The van der Waals surface area contributed by atoms with Gasteiger partial charge in [-0.15, -0.1) is 0 Å². The number of aliphatic hydroxyl groups is 1. The van der Waals surface area contributed by atoms with Crippen LogP contribution >= 0.6 is 0 Å². The van der Waals surface area contributed by atoms with Gasteiger partial charge < -0.3 is 10.2 Å². The summed E-state index contributed by atoms with van der Waals surface area (Å²) in [6.45, 7) is 1.92. The molecular weight excluding hydrogens is 256 g/mol. The second kappa shape index (κ2) is 6.02. The van der Waals surface area contributed by atoms with Crippen LogP contribution in [0.25, 0.3) is 0 Å². The smallest absolute Gasteiger partial charge is 0.306 e.